The second kappa shape index (κ2) is 2.89. The van der Waals surface area contributed by atoms with Gasteiger partial charge in [0.25, 0.3) is 0 Å². The normalized spacial score (nSPS) is 28.1. The van der Waals surface area contributed by atoms with Crippen LogP contribution < -0.4 is 15.4 Å². The Morgan fingerprint density at radius 2 is 2.29 bits per heavy atom. The van der Waals surface area contributed by atoms with E-state index < -0.39 is 0 Å². The van der Waals surface area contributed by atoms with Crippen LogP contribution in [0, 0.1) is 0 Å². The fourth-order valence-corrected chi connectivity index (χ4v) is 2.46. The number of fused-ring (bicyclic) bond motifs is 3. The molecule has 2 aliphatic heterocycles. The van der Waals surface area contributed by atoms with Crippen molar-refractivity contribution in [3.05, 3.63) is 23.8 Å². The first kappa shape index (κ1) is 8.12. The Kier molecular flexibility index (Phi) is 1.67. The summed E-state index contributed by atoms with van der Waals surface area (Å²) >= 11 is 0. The summed E-state index contributed by atoms with van der Waals surface area (Å²) in [6.45, 7) is 2.15. The Morgan fingerprint density at radius 1 is 1.36 bits per heavy atom. The van der Waals surface area contributed by atoms with Crippen molar-refractivity contribution in [1.29, 1.82) is 0 Å². The van der Waals surface area contributed by atoms with Crippen molar-refractivity contribution in [1.82, 2.24) is 5.32 Å². The highest BCUT2D eigenvalue weighted by atomic mass is 16.5. The molecular formula is C11H14N2O. The third-order valence-electron chi connectivity index (χ3n) is 3.21. The topological polar surface area (TPSA) is 33.3 Å². The van der Waals surface area contributed by atoms with Crippen molar-refractivity contribution < 1.29 is 4.74 Å². The molecule has 0 radical (unpaired) electrons. The molecule has 0 bridgehead atoms. The van der Waals surface area contributed by atoms with E-state index in [1.165, 1.54) is 11.3 Å². The van der Waals surface area contributed by atoms with Crippen LogP contribution >= 0.6 is 0 Å². The van der Waals surface area contributed by atoms with E-state index in [-0.39, 0.29) is 0 Å². The van der Waals surface area contributed by atoms with Crippen LogP contribution in [-0.2, 0) is 0 Å². The first-order valence-electron chi connectivity index (χ1n) is 5.03. The third kappa shape index (κ3) is 1.02. The number of methoxy groups -OCH3 is 1. The molecule has 2 aliphatic rings. The van der Waals surface area contributed by atoms with E-state index in [2.05, 4.69) is 22.8 Å². The summed E-state index contributed by atoms with van der Waals surface area (Å²) in [6, 6.07) is 6.87. The van der Waals surface area contributed by atoms with Crippen LogP contribution in [-0.4, -0.2) is 26.2 Å². The molecule has 3 rings (SSSR count). The molecule has 74 valence electrons. The lowest BCUT2D eigenvalue weighted by Gasteiger charge is -2.07. The fourth-order valence-electron chi connectivity index (χ4n) is 2.46. The second-order valence-electron chi connectivity index (χ2n) is 3.97. The highest BCUT2D eigenvalue weighted by Gasteiger charge is 2.35. The van der Waals surface area contributed by atoms with E-state index in [0.717, 1.165) is 18.8 Å². The van der Waals surface area contributed by atoms with Crippen LogP contribution in [0.3, 0.4) is 0 Å². The van der Waals surface area contributed by atoms with Gasteiger partial charge < -0.3 is 15.4 Å². The monoisotopic (exact) mass is 190 g/mol. The van der Waals surface area contributed by atoms with Crippen LogP contribution in [0.1, 0.15) is 11.5 Å². The van der Waals surface area contributed by atoms with Gasteiger partial charge in [0.1, 0.15) is 5.75 Å². The second-order valence-corrected chi connectivity index (χ2v) is 3.97. The van der Waals surface area contributed by atoms with Gasteiger partial charge in [-0.05, 0) is 23.8 Å². The van der Waals surface area contributed by atoms with Gasteiger partial charge in [0.2, 0.25) is 0 Å². The molecule has 0 spiro atoms. The molecule has 1 aromatic carbocycles. The Hall–Kier alpha value is -1.22. The minimum atomic E-state index is 0.581. The van der Waals surface area contributed by atoms with Crippen molar-refractivity contribution >= 4 is 5.69 Å². The van der Waals surface area contributed by atoms with E-state index in [0.29, 0.717) is 12.0 Å². The molecule has 2 unspecified atom stereocenters. The average molecular weight is 190 g/mol. The largest absolute Gasteiger partial charge is 0.497 e. The average Bonchev–Trinajstić information content (AvgIpc) is 2.76. The van der Waals surface area contributed by atoms with Gasteiger partial charge in [-0.2, -0.15) is 0 Å². The Labute approximate surface area is 83.5 Å². The molecule has 2 atom stereocenters. The minimum absolute atomic E-state index is 0.581. The predicted molar refractivity (Wildman–Crippen MR) is 56.0 cm³/mol. The molecule has 14 heavy (non-hydrogen) atoms. The molecule has 1 saturated heterocycles. The number of nitrogens with one attached hydrogen (secondary N) is 2. The summed E-state index contributed by atoms with van der Waals surface area (Å²) < 4.78 is 5.24. The minimum Gasteiger partial charge on any atom is -0.497 e. The van der Waals surface area contributed by atoms with Crippen LogP contribution in [0.15, 0.2) is 18.2 Å². The quantitative estimate of drug-likeness (QED) is 0.697. The Morgan fingerprint density at radius 3 is 3.14 bits per heavy atom. The third-order valence-corrected chi connectivity index (χ3v) is 3.21. The van der Waals surface area contributed by atoms with Crippen molar-refractivity contribution in [2.75, 3.05) is 25.5 Å². The molecule has 3 heteroatoms. The summed E-state index contributed by atoms with van der Waals surface area (Å²) in [4.78, 5) is 0. The van der Waals surface area contributed by atoms with Crippen LogP contribution in [0.25, 0.3) is 0 Å². The van der Waals surface area contributed by atoms with Crippen molar-refractivity contribution in [2.45, 2.75) is 12.0 Å². The van der Waals surface area contributed by atoms with E-state index in [9.17, 15) is 0 Å². The van der Waals surface area contributed by atoms with Gasteiger partial charge in [-0.25, -0.2) is 0 Å². The van der Waals surface area contributed by atoms with Gasteiger partial charge in [-0.1, -0.05) is 0 Å². The highest BCUT2D eigenvalue weighted by Crippen LogP contribution is 2.39. The summed E-state index contributed by atoms with van der Waals surface area (Å²) in [6.07, 6.45) is 0. The first-order chi connectivity index (χ1) is 6.88. The number of benzene rings is 1. The van der Waals surface area contributed by atoms with Gasteiger partial charge >= 0.3 is 0 Å². The molecule has 2 N–H and O–H groups in total. The maximum absolute atomic E-state index is 5.24. The van der Waals surface area contributed by atoms with Gasteiger partial charge in [-0.3, -0.25) is 0 Å². The van der Waals surface area contributed by atoms with Crippen LogP contribution in [0.5, 0.6) is 5.75 Å². The summed E-state index contributed by atoms with van der Waals surface area (Å²) in [5.41, 5.74) is 2.68. The Balaban J connectivity index is 2.03. The van der Waals surface area contributed by atoms with E-state index >= 15 is 0 Å². The van der Waals surface area contributed by atoms with E-state index in [1.54, 1.807) is 7.11 Å². The molecule has 3 nitrogen and oxygen atoms in total. The van der Waals surface area contributed by atoms with Gasteiger partial charge in [0.15, 0.2) is 0 Å². The summed E-state index contributed by atoms with van der Waals surface area (Å²) in [5, 5.41) is 6.93. The number of hydrogen-bond donors (Lipinski definition) is 2. The zero-order valence-electron chi connectivity index (χ0n) is 8.21. The van der Waals surface area contributed by atoms with E-state index in [1.807, 2.05) is 6.07 Å². The molecule has 0 aromatic heterocycles. The SMILES string of the molecule is COc1ccc2c(c1)C1CNCC1N2. The van der Waals surface area contributed by atoms with Gasteiger partial charge in [-0.15, -0.1) is 0 Å². The van der Waals surface area contributed by atoms with E-state index in [4.69, 9.17) is 4.74 Å². The van der Waals surface area contributed by atoms with Gasteiger partial charge in [0.05, 0.1) is 7.11 Å². The maximum atomic E-state index is 5.24. The van der Waals surface area contributed by atoms with Crippen molar-refractivity contribution in [3.63, 3.8) is 0 Å². The number of anilines is 1. The molecule has 1 aromatic rings. The van der Waals surface area contributed by atoms with Crippen LogP contribution in [0.4, 0.5) is 5.69 Å². The van der Waals surface area contributed by atoms with Crippen LogP contribution in [0.2, 0.25) is 0 Å². The fraction of sp³-hybridized carbons (Fsp3) is 0.455. The standard InChI is InChI=1S/C11H14N2O/c1-14-7-2-3-10-8(4-7)9-5-12-6-11(9)13-10/h2-4,9,11-13H,5-6H2,1H3. The summed E-state index contributed by atoms with van der Waals surface area (Å²) in [7, 11) is 1.72. The molecular weight excluding hydrogens is 176 g/mol. The molecule has 2 heterocycles. The highest BCUT2D eigenvalue weighted by molar-refractivity contribution is 5.62. The number of ether oxygens (including phenoxy) is 1. The molecule has 1 fully saturated rings. The lowest BCUT2D eigenvalue weighted by atomic mass is 9.98. The smallest absolute Gasteiger partial charge is 0.119 e. The predicted octanol–water partition coefficient (Wildman–Crippen LogP) is 1.18. The number of hydrogen-bond acceptors (Lipinski definition) is 3. The Bertz CT molecular complexity index is 364. The first-order valence-corrected chi connectivity index (χ1v) is 5.03. The molecule has 0 saturated carbocycles. The van der Waals surface area contributed by atoms with Crippen molar-refractivity contribution in [2.24, 2.45) is 0 Å². The lowest BCUT2D eigenvalue weighted by molar-refractivity contribution is 0.414. The lowest BCUT2D eigenvalue weighted by Crippen LogP contribution is -2.20. The zero-order valence-corrected chi connectivity index (χ0v) is 8.21. The molecule has 0 aliphatic carbocycles. The maximum Gasteiger partial charge on any atom is 0.119 e. The van der Waals surface area contributed by atoms with Gasteiger partial charge in [0, 0.05) is 30.7 Å². The number of rotatable bonds is 1. The molecule has 0 amide bonds. The zero-order chi connectivity index (χ0) is 9.54. The van der Waals surface area contributed by atoms with Crippen molar-refractivity contribution in [3.8, 4) is 5.75 Å². The summed E-state index contributed by atoms with van der Waals surface area (Å²) in [5.74, 6) is 1.58.